The van der Waals surface area contributed by atoms with Crippen LogP contribution in [0.25, 0.3) is 10.9 Å². The quantitative estimate of drug-likeness (QED) is 0.441. The molecule has 3 aromatic rings. The molecular formula is C25H28Cl2N2O3. The summed E-state index contributed by atoms with van der Waals surface area (Å²) in [6.45, 7) is 7.93. The highest BCUT2D eigenvalue weighted by Gasteiger charge is 2.28. The lowest BCUT2D eigenvalue weighted by atomic mass is 10.1. The molecule has 2 heterocycles. The molecule has 2 aromatic carbocycles. The fraction of sp³-hybridized carbons (Fsp3) is 0.400. The molecule has 1 aliphatic rings. The topological polar surface area (TPSA) is 43.7 Å². The molecule has 0 atom stereocenters. The lowest BCUT2D eigenvalue weighted by Crippen LogP contribution is -2.38. The highest BCUT2D eigenvalue weighted by atomic mass is 35.5. The van der Waals surface area contributed by atoms with Crippen molar-refractivity contribution < 1.29 is 14.3 Å². The molecule has 0 saturated carbocycles. The average Bonchev–Trinajstić information content (AvgIpc) is 2.89. The van der Waals surface area contributed by atoms with Crippen molar-refractivity contribution in [3.8, 4) is 5.75 Å². The number of nitrogens with zero attached hydrogens (tertiary/aromatic N) is 2. The van der Waals surface area contributed by atoms with Crippen LogP contribution in [0.5, 0.6) is 5.75 Å². The maximum Gasteiger partial charge on any atom is 0.410 e. The van der Waals surface area contributed by atoms with Crippen LogP contribution in [0.3, 0.4) is 0 Å². The molecule has 0 spiro atoms. The van der Waals surface area contributed by atoms with E-state index < -0.39 is 5.60 Å². The number of carbonyl (C=O) groups excluding carboxylic acids is 1. The zero-order valence-electron chi connectivity index (χ0n) is 18.7. The number of benzene rings is 2. The number of rotatable bonds is 4. The fourth-order valence-electron chi connectivity index (χ4n) is 4.22. The summed E-state index contributed by atoms with van der Waals surface area (Å²) in [5, 5.41) is 2.31. The molecule has 0 radical (unpaired) electrons. The molecule has 0 bridgehead atoms. The predicted octanol–water partition coefficient (Wildman–Crippen LogP) is 6.36. The third-order valence-electron chi connectivity index (χ3n) is 5.55. The van der Waals surface area contributed by atoms with Gasteiger partial charge in [0, 0.05) is 30.6 Å². The van der Waals surface area contributed by atoms with E-state index in [4.69, 9.17) is 32.7 Å². The second-order valence-electron chi connectivity index (χ2n) is 8.96. The Morgan fingerprint density at radius 2 is 1.69 bits per heavy atom. The molecule has 1 aliphatic heterocycles. The third kappa shape index (κ3) is 4.84. The van der Waals surface area contributed by atoms with Crippen LogP contribution in [0, 0.1) is 0 Å². The molecule has 0 N–H and O–H groups in total. The predicted molar refractivity (Wildman–Crippen MR) is 129 cm³/mol. The van der Waals surface area contributed by atoms with E-state index in [9.17, 15) is 4.79 Å². The molecule has 32 heavy (non-hydrogen) atoms. The van der Waals surface area contributed by atoms with Crippen molar-refractivity contribution in [1.82, 2.24) is 9.47 Å². The number of ether oxygens (including phenoxy) is 2. The second kappa shape index (κ2) is 9.24. The van der Waals surface area contributed by atoms with E-state index in [1.807, 2.05) is 63.2 Å². The van der Waals surface area contributed by atoms with Gasteiger partial charge in [-0.1, -0.05) is 41.4 Å². The summed E-state index contributed by atoms with van der Waals surface area (Å²) in [5.74, 6) is 0.829. The summed E-state index contributed by atoms with van der Waals surface area (Å²) in [4.78, 5) is 14.4. The molecule has 0 saturated heterocycles. The first-order valence-corrected chi connectivity index (χ1v) is 11.6. The van der Waals surface area contributed by atoms with Crippen molar-refractivity contribution in [2.45, 2.75) is 45.8 Å². The summed E-state index contributed by atoms with van der Waals surface area (Å²) in [6, 6.07) is 13.4. The number of hydrogen-bond acceptors (Lipinski definition) is 3. The maximum atomic E-state index is 12.7. The first-order chi connectivity index (χ1) is 15.2. The first kappa shape index (κ1) is 22.8. The zero-order chi connectivity index (χ0) is 22.9. The van der Waals surface area contributed by atoms with Crippen molar-refractivity contribution in [1.29, 1.82) is 0 Å². The normalized spacial score (nSPS) is 14.2. The lowest BCUT2D eigenvalue weighted by Gasteiger charge is -2.26. The highest BCUT2D eigenvalue weighted by molar-refractivity contribution is 6.40. The number of aromatic nitrogens is 1. The molecule has 0 aliphatic carbocycles. The number of carbonyl (C=O) groups is 1. The van der Waals surface area contributed by atoms with Gasteiger partial charge in [-0.15, -0.1) is 0 Å². The van der Waals surface area contributed by atoms with Crippen LogP contribution in [-0.4, -0.2) is 40.9 Å². The number of amides is 1. The number of para-hydroxylation sites is 1. The summed E-state index contributed by atoms with van der Waals surface area (Å²) < 4.78 is 13.8. The lowest BCUT2D eigenvalue weighted by molar-refractivity contribution is 0.0258. The van der Waals surface area contributed by atoms with Gasteiger partial charge in [-0.25, -0.2) is 4.79 Å². The Morgan fingerprint density at radius 1 is 1.00 bits per heavy atom. The average molecular weight is 475 g/mol. The molecule has 4 rings (SSSR count). The van der Waals surface area contributed by atoms with Gasteiger partial charge in [0.2, 0.25) is 0 Å². The largest absolute Gasteiger partial charge is 0.492 e. The summed E-state index contributed by atoms with van der Waals surface area (Å²) in [5.41, 5.74) is 2.71. The standard InChI is InChI=1S/C25H28Cl2N2O3/c1-25(2,3)32-24(30)28-13-11-18-21(12-14-28)29(15-16-31-17-7-5-4-6-8-17)23-20(27)10-9-19(26)22(18)23/h4-10H,11-16H2,1-3H3. The molecule has 1 amide bonds. The summed E-state index contributed by atoms with van der Waals surface area (Å²) in [7, 11) is 0. The van der Waals surface area contributed by atoms with Crippen LogP contribution in [0.1, 0.15) is 32.0 Å². The molecule has 0 fully saturated rings. The molecule has 5 nitrogen and oxygen atoms in total. The van der Waals surface area contributed by atoms with Gasteiger partial charge in [-0.2, -0.15) is 0 Å². The van der Waals surface area contributed by atoms with Gasteiger partial charge in [0.05, 0.1) is 22.1 Å². The van der Waals surface area contributed by atoms with Gasteiger partial charge in [0.25, 0.3) is 0 Å². The van der Waals surface area contributed by atoms with Crippen LogP contribution >= 0.6 is 23.2 Å². The molecule has 170 valence electrons. The minimum Gasteiger partial charge on any atom is -0.492 e. The van der Waals surface area contributed by atoms with Crippen molar-refractivity contribution in [2.24, 2.45) is 0 Å². The molecular weight excluding hydrogens is 447 g/mol. The van der Waals surface area contributed by atoms with Crippen LogP contribution in [0.2, 0.25) is 10.0 Å². The molecule has 1 aromatic heterocycles. The van der Waals surface area contributed by atoms with Crippen LogP contribution in [0.4, 0.5) is 4.79 Å². The highest BCUT2D eigenvalue weighted by Crippen LogP contribution is 2.38. The Hall–Kier alpha value is -2.37. The maximum absolute atomic E-state index is 12.7. The molecule has 7 heteroatoms. The van der Waals surface area contributed by atoms with E-state index in [1.165, 1.54) is 0 Å². The van der Waals surface area contributed by atoms with Crippen LogP contribution < -0.4 is 4.74 Å². The minimum absolute atomic E-state index is 0.282. The molecule has 0 unspecified atom stereocenters. The summed E-state index contributed by atoms with van der Waals surface area (Å²) >= 11 is 13.3. The monoisotopic (exact) mass is 474 g/mol. The van der Waals surface area contributed by atoms with E-state index in [2.05, 4.69) is 4.57 Å². The Morgan fingerprint density at radius 3 is 2.41 bits per heavy atom. The van der Waals surface area contributed by atoms with Gasteiger partial charge in [0.15, 0.2) is 0 Å². The van der Waals surface area contributed by atoms with Crippen molar-refractivity contribution in [2.75, 3.05) is 19.7 Å². The Bertz CT molecular complexity index is 1120. The Labute approximate surface area is 198 Å². The van der Waals surface area contributed by atoms with Gasteiger partial charge in [-0.3, -0.25) is 0 Å². The van der Waals surface area contributed by atoms with E-state index in [1.54, 1.807) is 4.90 Å². The van der Waals surface area contributed by atoms with Gasteiger partial charge in [-0.05, 0) is 57.0 Å². The van der Waals surface area contributed by atoms with Gasteiger partial charge < -0.3 is 18.9 Å². The van der Waals surface area contributed by atoms with Crippen molar-refractivity contribution in [3.05, 3.63) is 63.8 Å². The summed E-state index contributed by atoms with van der Waals surface area (Å²) in [6.07, 6.45) is 1.11. The second-order valence-corrected chi connectivity index (χ2v) is 9.77. The first-order valence-electron chi connectivity index (χ1n) is 10.9. The smallest absolute Gasteiger partial charge is 0.410 e. The van der Waals surface area contributed by atoms with E-state index in [0.29, 0.717) is 49.1 Å². The Kier molecular flexibility index (Phi) is 6.59. The van der Waals surface area contributed by atoms with E-state index in [0.717, 1.165) is 27.9 Å². The fourth-order valence-corrected chi connectivity index (χ4v) is 4.74. The number of hydrogen-bond donors (Lipinski definition) is 0. The van der Waals surface area contributed by atoms with Crippen LogP contribution in [0.15, 0.2) is 42.5 Å². The van der Waals surface area contributed by atoms with Crippen molar-refractivity contribution in [3.63, 3.8) is 0 Å². The van der Waals surface area contributed by atoms with E-state index >= 15 is 0 Å². The van der Waals surface area contributed by atoms with Gasteiger partial charge >= 0.3 is 6.09 Å². The Balaban J connectivity index is 1.63. The SMILES string of the molecule is CC(C)(C)OC(=O)N1CCc2c(n(CCOc3ccccc3)c3c(Cl)ccc(Cl)c23)CC1. The third-order valence-corrected chi connectivity index (χ3v) is 6.17. The van der Waals surface area contributed by atoms with Gasteiger partial charge in [0.1, 0.15) is 18.0 Å². The minimum atomic E-state index is -0.524. The van der Waals surface area contributed by atoms with Crippen molar-refractivity contribution >= 4 is 40.2 Å². The number of halogens is 2. The van der Waals surface area contributed by atoms with Crippen LogP contribution in [-0.2, 0) is 24.1 Å². The van der Waals surface area contributed by atoms with E-state index in [-0.39, 0.29) is 6.09 Å². The zero-order valence-corrected chi connectivity index (χ0v) is 20.2. The number of fused-ring (bicyclic) bond motifs is 3.